The van der Waals surface area contributed by atoms with Gasteiger partial charge in [0.15, 0.2) is 0 Å². The van der Waals surface area contributed by atoms with Crippen LogP contribution in [0, 0.1) is 11.7 Å². The lowest BCUT2D eigenvalue weighted by Gasteiger charge is -2.53. The molecule has 0 aromatic heterocycles. The number of fused-ring (bicyclic) bond motifs is 1. The summed E-state index contributed by atoms with van der Waals surface area (Å²) in [6.45, 7) is 1.41. The number of piperidine rings is 1. The fourth-order valence-corrected chi connectivity index (χ4v) is 5.27. The normalized spacial score (nSPS) is 27.3. The number of rotatable bonds is 5. The number of ether oxygens (including phenoxy) is 2. The predicted octanol–water partition coefficient (Wildman–Crippen LogP) is 4.71. The Kier molecular flexibility index (Phi) is 5.79. The third-order valence-corrected chi connectivity index (χ3v) is 6.71. The fourth-order valence-electron chi connectivity index (χ4n) is 5.27. The Hall–Kier alpha value is -2.11. The molecule has 4 nitrogen and oxygen atoms in total. The number of likely N-dealkylation sites (tertiary alicyclic amines) is 1. The average molecular weight is 400 g/mol. The maximum Gasteiger partial charge on any atom is 0.127 e. The zero-order chi connectivity index (χ0) is 20.4. The van der Waals surface area contributed by atoms with E-state index in [2.05, 4.69) is 11.0 Å². The molecule has 2 fully saturated rings. The van der Waals surface area contributed by atoms with Gasteiger partial charge in [0.2, 0.25) is 0 Å². The van der Waals surface area contributed by atoms with Gasteiger partial charge in [-0.3, -0.25) is 4.90 Å². The summed E-state index contributed by atoms with van der Waals surface area (Å²) < 4.78 is 24.9. The maximum absolute atomic E-state index is 13.8. The number of methoxy groups -OCH3 is 2. The lowest BCUT2D eigenvalue weighted by Crippen LogP contribution is -2.54. The SMILES string of the molecule is COc1ccc([C@@H]2[C@@H]3CCCC[C@@]3(O)CCN2Cc2cccc(F)c2)c(OC)c1. The van der Waals surface area contributed by atoms with Crippen LogP contribution in [0.15, 0.2) is 42.5 Å². The van der Waals surface area contributed by atoms with Crippen LogP contribution in [0.2, 0.25) is 0 Å². The Morgan fingerprint density at radius 3 is 2.72 bits per heavy atom. The van der Waals surface area contributed by atoms with E-state index < -0.39 is 5.60 Å². The summed E-state index contributed by atoms with van der Waals surface area (Å²) in [6, 6.07) is 12.7. The molecular formula is C24H30FNO3. The first-order valence-electron chi connectivity index (χ1n) is 10.5. The lowest BCUT2D eigenvalue weighted by molar-refractivity contribution is -0.126. The Balaban J connectivity index is 1.74. The molecule has 0 unspecified atom stereocenters. The number of halogens is 1. The van der Waals surface area contributed by atoms with Crippen LogP contribution in [0.5, 0.6) is 11.5 Å². The van der Waals surface area contributed by atoms with Gasteiger partial charge >= 0.3 is 0 Å². The van der Waals surface area contributed by atoms with Crippen molar-refractivity contribution < 1.29 is 19.0 Å². The summed E-state index contributed by atoms with van der Waals surface area (Å²) in [5.41, 5.74) is 1.37. The van der Waals surface area contributed by atoms with Gasteiger partial charge in [-0.1, -0.05) is 31.0 Å². The molecule has 0 spiro atoms. The minimum atomic E-state index is -0.647. The van der Waals surface area contributed by atoms with Crippen molar-refractivity contribution in [1.82, 2.24) is 4.90 Å². The lowest BCUT2D eigenvalue weighted by atomic mass is 9.66. The van der Waals surface area contributed by atoms with Gasteiger partial charge in [0.25, 0.3) is 0 Å². The molecule has 4 rings (SSSR count). The van der Waals surface area contributed by atoms with Gasteiger partial charge < -0.3 is 14.6 Å². The average Bonchev–Trinajstić information content (AvgIpc) is 2.73. The van der Waals surface area contributed by atoms with E-state index in [0.717, 1.165) is 61.3 Å². The molecule has 5 heteroatoms. The van der Waals surface area contributed by atoms with Crippen molar-refractivity contribution in [3.05, 3.63) is 59.4 Å². The van der Waals surface area contributed by atoms with E-state index in [0.29, 0.717) is 6.54 Å². The molecule has 0 radical (unpaired) electrons. The third-order valence-electron chi connectivity index (χ3n) is 6.71. The summed E-state index contributed by atoms with van der Waals surface area (Å²) in [5, 5.41) is 11.5. The molecule has 2 aliphatic rings. The second kappa shape index (κ2) is 8.33. The quantitative estimate of drug-likeness (QED) is 0.791. The van der Waals surface area contributed by atoms with Gasteiger partial charge in [-0.15, -0.1) is 0 Å². The van der Waals surface area contributed by atoms with Gasteiger partial charge in [-0.05, 0) is 43.0 Å². The first-order valence-corrected chi connectivity index (χ1v) is 10.5. The van der Waals surface area contributed by atoms with Gasteiger partial charge in [0.1, 0.15) is 17.3 Å². The van der Waals surface area contributed by atoms with Crippen LogP contribution in [-0.4, -0.2) is 36.4 Å². The molecule has 0 amide bonds. The third kappa shape index (κ3) is 3.99. The van der Waals surface area contributed by atoms with Crippen molar-refractivity contribution in [1.29, 1.82) is 0 Å². The van der Waals surface area contributed by atoms with E-state index >= 15 is 0 Å². The Morgan fingerprint density at radius 2 is 1.97 bits per heavy atom. The Morgan fingerprint density at radius 1 is 1.10 bits per heavy atom. The van der Waals surface area contributed by atoms with Crippen molar-refractivity contribution >= 4 is 0 Å². The number of hydrogen-bond acceptors (Lipinski definition) is 4. The summed E-state index contributed by atoms with van der Waals surface area (Å²) in [5.74, 6) is 1.43. The molecular weight excluding hydrogens is 369 g/mol. The molecule has 2 aromatic carbocycles. The van der Waals surface area contributed by atoms with Crippen LogP contribution < -0.4 is 9.47 Å². The van der Waals surface area contributed by atoms with Crippen LogP contribution in [0.1, 0.15) is 49.3 Å². The number of benzene rings is 2. The van der Waals surface area contributed by atoms with Crippen LogP contribution in [0.25, 0.3) is 0 Å². The van der Waals surface area contributed by atoms with E-state index in [1.807, 2.05) is 18.2 Å². The topological polar surface area (TPSA) is 41.9 Å². The molecule has 0 bridgehead atoms. The van der Waals surface area contributed by atoms with Gasteiger partial charge in [0.05, 0.1) is 19.8 Å². The van der Waals surface area contributed by atoms with E-state index in [9.17, 15) is 9.50 Å². The Bertz CT molecular complexity index is 858. The van der Waals surface area contributed by atoms with Crippen molar-refractivity contribution in [2.75, 3.05) is 20.8 Å². The molecule has 3 atom stereocenters. The van der Waals surface area contributed by atoms with Crippen molar-refractivity contribution in [3.8, 4) is 11.5 Å². The van der Waals surface area contributed by atoms with Crippen LogP contribution in [-0.2, 0) is 6.54 Å². The highest BCUT2D eigenvalue weighted by Gasteiger charge is 2.49. The summed E-state index contributed by atoms with van der Waals surface area (Å²) in [6.07, 6.45) is 4.78. The first kappa shape index (κ1) is 20.2. The summed E-state index contributed by atoms with van der Waals surface area (Å²) in [4.78, 5) is 2.38. The fraction of sp³-hybridized carbons (Fsp3) is 0.500. The zero-order valence-corrected chi connectivity index (χ0v) is 17.2. The Labute approximate surface area is 172 Å². The molecule has 1 saturated carbocycles. The monoisotopic (exact) mass is 399 g/mol. The second-order valence-electron chi connectivity index (χ2n) is 8.36. The number of hydrogen-bond donors (Lipinski definition) is 1. The molecule has 2 aromatic rings. The van der Waals surface area contributed by atoms with E-state index in [1.165, 1.54) is 6.07 Å². The molecule has 1 aliphatic heterocycles. The molecule has 29 heavy (non-hydrogen) atoms. The zero-order valence-electron chi connectivity index (χ0n) is 17.2. The van der Waals surface area contributed by atoms with Crippen LogP contribution >= 0.6 is 0 Å². The molecule has 1 N–H and O–H groups in total. The summed E-state index contributed by atoms with van der Waals surface area (Å²) >= 11 is 0. The minimum Gasteiger partial charge on any atom is -0.497 e. The van der Waals surface area contributed by atoms with Crippen LogP contribution in [0.3, 0.4) is 0 Å². The second-order valence-corrected chi connectivity index (χ2v) is 8.36. The van der Waals surface area contributed by atoms with Gasteiger partial charge in [-0.25, -0.2) is 4.39 Å². The highest BCUT2D eigenvalue weighted by molar-refractivity contribution is 5.43. The smallest absolute Gasteiger partial charge is 0.127 e. The van der Waals surface area contributed by atoms with Crippen molar-refractivity contribution in [2.24, 2.45) is 5.92 Å². The predicted molar refractivity (Wildman–Crippen MR) is 111 cm³/mol. The molecule has 1 heterocycles. The standard InChI is InChI=1S/C24H30FNO3/c1-28-19-9-10-20(22(15-19)29-2)23-21-8-3-4-11-24(21,27)12-13-26(23)16-17-6-5-7-18(25)14-17/h5-7,9-10,14-15,21,23,27H,3-4,8,11-13,16H2,1-2H3/t21-,23+,24+/m0/s1. The molecule has 1 saturated heterocycles. The van der Waals surface area contributed by atoms with Crippen molar-refractivity contribution in [2.45, 2.75) is 50.3 Å². The minimum absolute atomic E-state index is 0.0122. The number of aliphatic hydroxyl groups is 1. The largest absolute Gasteiger partial charge is 0.497 e. The highest BCUT2D eigenvalue weighted by Crippen LogP contribution is 2.51. The first-order chi connectivity index (χ1) is 14.0. The summed E-state index contributed by atoms with van der Waals surface area (Å²) in [7, 11) is 3.32. The van der Waals surface area contributed by atoms with Gasteiger partial charge in [-0.2, -0.15) is 0 Å². The molecule has 1 aliphatic carbocycles. The highest BCUT2D eigenvalue weighted by atomic mass is 19.1. The van der Waals surface area contributed by atoms with E-state index in [4.69, 9.17) is 9.47 Å². The van der Waals surface area contributed by atoms with E-state index in [-0.39, 0.29) is 17.8 Å². The van der Waals surface area contributed by atoms with Gasteiger partial charge in [0, 0.05) is 36.7 Å². The molecule has 156 valence electrons. The maximum atomic E-state index is 13.8. The number of nitrogens with zero attached hydrogens (tertiary/aromatic N) is 1. The van der Waals surface area contributed by atoms with E-state index in [1.54, 1.807) is 26.4 Å². The van der Waals surface area contributed by atoms with Crippen LogP contribution in [0.4, 0.5) is 4.39 Å². The van der Waals surface area contributed by atoms with Crippen molar-refractivity contribution in [3.63, 3.8) is 0 Å².